The van der Waals surface area contributed by atoms with Gasteiger partial charge in [-0.3, -0.25) is 9.59 Å². The lowest BCUT2D eigenvalue weighted by atomic mass is 9.84. The number of benzene rings is 4. The highest BCUT2D eigenvalue weighted by molar-refractivity contribution is 6.12. The van der Waals surface area contributed by atoms with Gasteiger partial charge in [0.2, 0.25) is 0 Å². The van der Waals surface area contributed by atoms with E-state index in [4.69, 9.17) is 4.74 Å². The topological polar surface area (TPSA) is 145 Å². The van der Waals surface area contributed by atoms with Gasteiger partial charge < -0.3 is 30.3 Å². The number of phenols is 5. The number of hydrogen-bond acceptors (Lipinski definition) is 8. The number of carbonyl (C=O) groups excluding carboxylic acids is 2. The number of phenolic OH excluding ortho intramolecular Hbond substituents is 5. The Balaban J connectivity index is 1.78. The average Bonchev–Trinajstić information content (AvgIpc) is 2.96. The van der Waals surface area contributed by atoms with Crippen LogP contribution >= 0.6 is 0 Å². The molecule has 0 aliphatic heterocycles. The second kappa shape index (κ2) is 11.6. The van der Waals surface area contributed by atoms with E-state index >= 15 is 0 Å². The van der Waals surface area contributed by atoms with E-state index in [1.165, 1.54) is 6.07 Å². The van der Waals surface area contributed by atoms with Gasteiger partial charge in [0.15, 0.2) is 29.3 Å². The molecule has 0 aromatic heterocycles. The number of aromatic hydroxyl groups is 5. The van der Waals surface area contributed by atoms with Crippen LogP contribution in [0.1, 0.15) is 104 Å². The van der Waals surface area contributed by atoms with Gasteiger partial charge in [-0.1, -0.05) is 59.1 Å². The highest BCUT2D eigenvalue weighted by Crippen LogP contribution is 2.53. The monoisotopic (exact) mass is 600 g/mol. The van der Waals surface area contributed by atoms with E-state index in [1.807, 2.05) is 33.8 Å². The van der Waals surface area contributed by atoms with Gasteiger partial charge in [-0.15, -0.1) is 0 Å². The molecule has 0 atom stereocenters. The Morgan fingerprint density at radius 1 is 0.750 bits per heavy atom. The van der Waals surface area contributed by atoms with Crippen molar-refractivity contribution in [3.8, 4) is 45.6 Å². The molecule has 8 heteroatoms. The summed E-state index contributed by atoms with van der Waals surface area (Å²) in [7, 11) is 0. The van der Waals surface area contributed by atoms with Gasteiger partial charge in [0.05, 0.1) is 11.5 Å². The molecule has 0 radical (unpaired) electrons. The number of hydrogen-bond donors (Lipinski definition) is 5. The molecule has 44 heavy (non-hydrogen) atoms. The molecule has 0 unspecified atom stereocenters. The van der Waals surface area contributed by atoms with E-state index in [1.54, 1.807) is 19.9 Å². The first kappa shape index (κ1) is 31.0. The summed E-state index contributed by atoms with van der Waals surface area (Å²) in [5.74, 6) is -2.77. The maximum atomic E-state index is 13.1. The molecule has 1 fully saturated rings. The third kappa shape index (κ3) is 4.86. The van der Waals surface area contributed by atoms with Crippen molar-refractivity contribution in [1.29, 1.82) is 0 Å². The van der Waals surface area contributed by atoms with Gasteiger partial charge in [0.1, 0.15) is 11.5 Å². The minimum Gasteiger partial charge on any atom is -0.507 e. The van der Waals surface area contributed by atoms with Crippen LogP contribution in [0, 0.1) is 19.8 Å². The van der Waals surface area contributed by atoms with E-state index in [0.717, 1.165) is 32.1 Å². The standard InChI is InChI=1S/C36H40O8/c1-16(2)26-23-13-19(6)29(33(41)30(23)24(15-37)32(40)34(26)42)28-18(5)12-21-22(31(28)39)14-25(38)35(27(21)17(3)4)44-36(43)20-10-8-7-9-11-20/h12-17,20,38-42H,7-11H2,1-6H3. The quantitative estimate of drug-likeness (QED) is 0.0643. The SMILES string of the molecule is Cc1cc2c(C(C)C)c(OC(=O)C3CCCCC3)c(O)cc2c(O)c1-c1c(C)cc2c(C(C)C)c(O)c(O)c(C=O)c2c1O. The molecule has 0 saturated heterocycles. The van der Waals surface area contributed by atoms with E-state index in [0.29, 0.717) is 44.7 Å². The van der Waals surface area contributed by atoms with Crippen LogP contribution in [-0.2, 0) is 4.79 Å². The van der Waals surface area contributed by atoms with Gasteiger partial charge >= 0.3 is 5.97 Å². The summed E-state index contributed by atoms with van der Waals surface area (Å²) in [6.45, 7) is 11.0. The Labute approximate surface area is 256 Å². The van der Waals surface area contributed by atoms with Crippen molar-refractivity contribution in [2.24, 2.45) is 5.92 Å². The summed E-state index contributed by atoms with van der Waals surface area (Å²) in [6, 6.07) is 4.92. The normalized spacial score (nSPS) is 14.2. The van der Waals surface area contributed by atoms with Crippen molar-refractivity contribution in [3.05, 3.63) is 46.0 Å². The molecule has 1 saturated carbocycles. The Morgan fingerprint density at radius 2 is 1.32 bits per heavy atom. The number of ether oxygens (including phenoxy) is 1. The minimum atomic E-state index is -0.623. The molecule has 8 nitrogen and oxygen atoms in total. The highest BCUT2D eigenvalue weighted by atomic mass is 16.5. The maximum Gasteiger partial charge on any atom is 0.314 e. The number of esters is 1. The van der Waals surface area contributed by atoms with Gasteiger partial charge in [-0.05, 0) is 66.5 Å². The van der Waals surface area contributed by atoms with Crippen molar-refractivity contribution in [2.45, 2.75) is 85.5 Å². The number of rotatable bonds is 6. The lowest BCUT2D eigenvalue weighted by Gasteiger charge is -2.24. The summed E-state index contributed by atoms with van der Waals surface area (Å²) < 4.78 is 5.86. The first-order valence-corrected chi connectivity index (χ1v) is 15.2. The summed E-state index contributed by atoms with van der Waals surface area (Å²) in [6.07, 6.45) is 4.91. The molecular formula is C36H40O8. The molecule has 1 aliphatic carbocycles. The first-order chi connectivity index (χ1) is 20.8. The maximum absolute atomic E-state index is 13.1. The second-order valence-electron chi connectivity index (χ2n) is 12.7. The molecule has 0 bridgehead atoms. The Bertz CT molecular complexity index is 1830. The fraction of sp³-hybridized carbons (Fsp3) is 0.389. The Hall–Kier alpha value is -4.46. The summed E-state index contributed by atoms with van der Waals surface area (Å²) in [5, 5.41) is 57.5. The third-order valence-electron chi connectivity index (χ3n) is 9.04. The van der Waals surface area contributed by atoms with Crippen LogP contribution in [0.15, 0.2) is 18.2 Å². The molecule has 5 N–H and O–H groups in total. The van der Waals surface area contributed by atoms with Crippen molar-refractivity contribution < 1.29 is 39.9 Å². The Kier molecular flexibility index (Phi) is 8.14. The zero-order valence-corrected chi connectivity index (χ0v) is 26.0. The predicted molar refractivity (Wildman–Crippen MR) is 170 cm³/mol. The number of aldehydes is 1. The number of aryl methyl sites for hydroxylation is 2. The average molecular weight is 601 g/mol. The molecule has 0 spiro atoms. The second-order valence-corrected chi connectivity index (χ2v) is 12.7. The number of fused-ring (bicyclic) bond motifs is 2. The zero-order valence-electron chi connectivity index (χ0n) is 26.0. The molecule has 4 aromatic carbocycles. The molecule has 5 rings (SSSR count). The van der Waals surface area contributed by atoms with Crippen LogP contribution in [-0.4, -0.2) is 37.8 Å². The fourth-order valence-electron chi connectivity index (χ4n) is 6.97. The van der Waals surface area contributed by atoms with Crippen molar-refractivity contribution >= 4 is 33.8 Å². The lowest BCUT2D eigenvalue weighted by molar-refractivity contribution is -0.140. The van der Waals surface area contributed by atoms with E-state index in [2.05, 4.69) is 0 Å². The van der Waals surface area contributed by atoms with Crippen LogP contribution in [0.5, 0.6) is 34.5 Å². The Morgan fingerprint density at radius 3 is 1.89 bits per heavy atom. The predicted octanol–water partition coefficient (Wildman–Crippen LogP) is 8.35. The summed E-state index contributed by atoms with van der Waals surface area (Å²) >= 11 is 0. The molecular weight excluding hydrogens is 560 g/mol. The van der Waals surface area contributed by atoms with Crippen molar-refractivity contribution in [1.82, 2.24) is 0 Å². The minimum absolute atomic E-state index is 0.0641. The highest BCUT2D eigenvalue weighted by Gasteiger charge is 2.30. The van der Waals surface area contributed by atoms with Gasteiger partial charge in [-0.2, -0.15) is 0 Å². The largest absolute Gasteiger partial charge is 0.507 e. The number of carbonyl (C=O) groups is 2. The van der Waals surface area contributed by atoms with Gasteiger partial charge in [-0.25, -0.2) is 0 Å². The fourth-order valence-corrected chi connectivity index (χ4v) is 6.97. The van der Waals surface area contributed by atoms with E-state index in [9.17, 15) is 35.1 Å². The molecule has 0 amide bonds. The van der Waals surface area contributed by atoms with Crippen molar-refractivity contribution in [3.63, 3.8) is 0 Å². The summed E-state index contributed by atoms with van der Waals surface area (Å²) in [5.41, 5.74) is 2.38. The van der Waals surface area contributed by atoms with Crippen molar-refractivity contribution in [2.75, 3.05) is 0 Å². The van der Waals surface area contributed by atoms with Crippen LogP contribution in [0.2, 0.25) is 0 Å². The third-order valence-corrected chi connectivity index (χ3v) is 9.04. The van der Waals surface area contributed by atoms with E-state index in [-0.39, 0.29) is 68.8 Å². The van der Waals surface area contributed by atoms with Crippen LogP contribution in [0.4, 0.5) is 0 Å². The van der Waals surface area contributed by atoms with Gasteiger partial charge in [0, 0.05) is 33.0 Å². The first-order valence-electron chi connectivity index (χ1n) is 15.2. The zero-order chi connectivity index (χ0) is 32.2. The van der Waals surface area contributed by atoms with Crippen LogP contribution in [0.25, 0.3) is 32.7 Å². The smallest absolute Gasteiger partial charge is 0.314 e. The molecule has 1 aliphatic rings. The molecule has 4 aromatic rings. The van der Waals surface area contributed by atoms with Gasteiger partial charge in [0.25, 0.3) is 0 Å². The molecule has 232 valence electrons. The summed E-state index contributed by atoms with van der Waals surface area (Å²) in [4.78, 5) is 25.2. The van der Waals surface area contributed by atoms with E-state index < -0.39 is 11.5 Å². The van der Waals surface area contributed by atoms with Crippen LogP contribution in [0.3, 0.4) is 0 Å². The van der Waals surface area contributed by atoms with Crippen LogP contribution < -0.4 is 4.74 Å². The lowest BCUT2D eigenvalue weighted by Crippen LogP contribution is -2.23. The molecule has 0 heterocycles.